The quantitative estimate of drug-likeness (QED) is 0.130. The van der Waals surface area contributed by atoms with E-state index >= 15 is 0 Å². The second kappa shape index (κ2) is 9.64. The normalized spacial score (nSPS) is 19.9. The molecule has 0 aromatic carbocycles. The van der Waals surface area contributed by atoms with Gasteiger partial charge in [0, 0.05) is 17.2 Å². The second-order valence-corrected chi connectivity index (χ2v) is 9.17. The topological polar surface area (TPSA) is 159 Å². The Hall–Kier alpha value is -3.72. The zero-order valence-electron chi connectivity index (χ0n) is 18.0. The summed E-state index contributed by atoms with van der Waals surface area (Å²) in [6, 6.07) is 0.893. The molecule has 15 heteroatoms. The zero-order valence-corrected chi connectivity index (χ0v) is 19.6. The Morgan fingerprint density at radius 2 is 2.26 bits per heavy atom. The molecule has 1 fully saturated rings. The van der Waals surface area contributed by atoms with Crippen LogP contribution < -0.4 is 15.3 Å². The number of anilines is 1. The van der Waals surface area contributed by atoms with Crippen LogP contribution in [-0.2, 0) is 37.6 Å². The van der Waals surface area contributed by atoms with E-state index in [1.807, 2.05) is 34.9 Å². The van der Waals surface area contributed by atoms with Crippen LogP contribution in [-0.4, -0.2) is 73.9 Å². The fourth-order valence-electron chi connectivity index (χ4n) is 3.62. The van der Waals surface area contributed by atoms with Crippen molar-refractivity contribution >= 4 is 58.1 Å². The number of nitrogens with one attached hydrogen (secondary N) is 2. The first-order valence-corrected chi connectivity index (χ1v) is 11.8. The van der Waals surface area contributed by atoms with Crippen LogP contribution in [0.25, 0.3) is 0 Å². The van der Waals surface area contributed by atoms with E-state index < -0.39 is 29.2 Å². The molecule has 2 aliphatic heterocycles. The number of aryl methyl sites for hydroxylation is 1. The van der Waals surface area contributed by atoms with Crippen LogP contribution in [0, 0.1) is 0 Å². The summed E-state index contributed by atoms with van der Waals surface area (Å²) in [7, 11) is 3.09. The zero-order chi connectivity index (χ0) is 24.4. The molecule has 1 saturated heterocycles. The summed E-state index contributed by atoms with van der Waals surface area (Å²) in [6.07, 6.45) is 4.10. The van der Waals surface area contributed by atoms with Crippen molar-refractivity contribution in [3.05, 3.63) is 40.8 Å². The Morgan fingerprint density at radius 3 is 2.91 bits per heavy atom. The third-order valence-corrected chi connectivity index (χ3v) is 7.29. The summed E-state index contributed by atoms with van der Waals surface area (Å²) in [5.41, 5.74) is 0.502. The minimum Gasteiger partial charge on any atom is -0.477 e. The Kier molecular flexibility index (Phi) is 6.65. The molecule has 2 atom stereocenters. The van der Waals surface area contributed by atoms with Crippen molar-refractivity contribution < 1.29 is 33.8 Å². The van der Waals surface area contributed by atoms with Crippen molar-refractivity contribution in [3.8, 4) is 0 Å². The van der Waals surface area contributed by atoms with Crippen molar-refractivity contribution in [2.24, 2.45) is 12.2 Å². The van der Waals surface area contributed by atoms with Crippen molar-refractivity contribution in [1.82, 2.24) is 19.9 Å². The maximum Gasteiger partial charge on any atom is 0.352 e. The fourth-order valence-corrected chi connectivity index (χ4v) is 5.61. The van der Waals surface area contributed by atoms with Crippen LogP contribution in [0.5, 0.6) is 0 Å². The molecule has 4 rings (SSSR count). The van der Waals surface area contributed by atoms with Gasteiger partial charge in [-0.1, -0.05) is 5.16 Å². The number of rotatable bonds is 9. The Labute approximate surface area is 201 Å². The number of carboxylic acid groups (broad SMARTS) is 1. The van der Waals surface area contributed by atoms with Gasteiger partial charge < -0.3 is 20.6 Å². The Bertz CT molecular complexity index is 1220. The summed E-state index contributed by atoms with van der Waals surface area (Å²) in [4.78, 5) is 58.5. The molecular formula is C19H20N7O6S2+. The molecule has 13 nitrogen and oxygen atoms in total. The molecule has 0 radical (unpaired) electrons. The van der Waals surface area contributed by atoms with Gasteiger partial charge in [0.1, 0.15) is 36.5 Å². The molecule has 178 valence electrons. The van der Waals surface area contributed by atoms with Gasteiger partial charge in [-0.15, -0.1) is 27.8 Å². The van der Waals surface area contributed by atoms with Gasteiger partial charge in [-0.05, 0) is 5.57 Å². The molecule has 0 bridgehead atoms. The maximum absolute atomic E-state index is 12.9. The molecule has 0 aliphatic carbocycles. The van der Waals surface area contributed by atoms with Crippen molar-refractivity contribution in [2.45, 2.75) is 18.0 Å². The number of thioether (sulfide) groups is 1. The smallest absolute Gasteiger partial charge is 0.352 e. The lowest BCUT2D eigenvalue weighted by Gasteiger charge is -2.49. The Balaban J connectivity index is 1.52. The van der Waals surface area contributed by atoms with Crippen molar-refractivity contribution in [3.63, 3.8) is 0 Å². The number of aliphatic carboxylic acids is 1. The number of hydrogen-bond acceptors (Lipinski definition) is 9. The number of carbonyl (C=O) groups excluding carboxylic acids is 3. The van der Waals surface area contributed by atoms with Crippen LogP contribution in [0.1, 0.15) is 5.69 Å². The highest BCUT2D eigenvalue weighted by Gasteiger charge is 2.54. The van der Waals surface area contributed by atoms with Crippen LogP contribution in [0.2, 0.25) is 0 Å². The summed E-state index contributed by atoms with van der Waals surface area (Å²) in [6.45, 7) is 0.317. The van der Waals surface area contributed by atoms with E-state index in [0.717, 1.165) is 11.3 Å². The number of aromatic nitrogens is 3. The van der Waals surface area contributed by atoms with Crippen LogP contribution >= 0.6 is 23.1 Å². The lowest BCUT2D eigenvalue weighted by molar-refractivity contribution is -0.752. The van der Waals surface area contributed by atoms with E-state index in [0.29, 0.717) is 24.3 Å². The Morgan fingerprint density at radius 1 is 1.47 bits per heavy atom. The summed E-state index contributed by atoms with van der Waals surface area (Å²) >= 11 is 2.45. The van der Waals surface area contributed by atoms with E-state index in [1.54, 1.807) is 0 Å². The van der Waals surface area contributed by atoms with E-state index in [2.05, 4.69) is 20.8 Å². The van der Waals surface area contributed by atoms with Gasteiger partial charge in [-0.3, -0.25) is 19.3 Å². The molecular weight excluding hydrogens is 486 g/mol. The summed E-state index contributed by atoms with van der Waals surface area (Å²) < 4.78 is 3.65. The standard InChI is InChI=1S/C19H19N7O6S2/c1-24-4-3-5-25(24)6-10-7-33-17-13(16(29)26(17)14(10)18(30)31)22-15(28)12(23-32-2)11-8-34-19(21-11)20-9-27/h3-5,8-9,13,17H,6-7H2,1-2H3,(H2-,20,21,22,27,28,30,31)/p+1/t13-,17-/m1/s1. The SMILES string of the molecule is CON=C(C(=O)N[C@@H]1C(=O)N2C(C(=O)O)=C(Cn3ccc[n+]3C)CS[C@H]12)c1csc(NC=O)n1. The number of amides is 3. The lowest BCUT2D eigenvalue weighted by Crippen LogP contribution is -2.71. The van der Waals surface area contributed by atoms with Crippen molar-refractivity contribution in [2.75, 3.05) is 18.2 Å². The largest absolute Gasteiger partial charge is 0.477 e. The third kappa shape index (κ3) is 4.26. The van der Waals surface area contributed by atoms with Gasteiger partial charge in [-0.2, -0.15) is 4.68 Å². The fraction of sp³-hybridized carbons (Fsp3) is 0.316. The highest BCUT2D eigenvalue weighted by atomic mass is 32.2. The molecule has 0 saturated carbocycles. The van der Waals surface area contributed by atoms with Crippen molar-refractivity contribution in [1.29, 1.82) is 0 Å². The molecule has 34 heavy (non-hydrogen) atoms. The molecule has 0 unspecified atom stereocenters. The third-order valence-electron chi connectivity index (χ3n) is 5.18. The summed E-state index contributed by atoms with van der Waals surface area (Å²) in [5, 5.41) is 19.7. The van der Waals surface area contributed by atoms with Gasteiger partial charge >= 0.3 is 5.97 Å². The molecule has 2 aromatic rings. The van der Waals surface area contributed by atoms with E-state index in [1.165, 1.54) is 29.2 Å². The molecule has 0 spiro atoms. The molecule has 2 aromatic heterocycles. The number of carboxylic acids is 1. The monoisotopic (exact) mass is 506 g/mol. The van der Waals surface area contributed by atoms with Gasteiger partial charge in [0.25, 0.3) is 11.8 Å². The minimum atomic E-state index is -1.20. The highest BCUT2D eigenvalue weighted by molar-refractivity contribution is 8.00. The van der Waals surface area contributed by atoms with Gasteiger partial charge in [-0.25, -0.2) is 9.78 Å². The first kappa shape index (κ1) is 23.4. The first-order valence-electron chi connectivity index (χ1n) is 9.84. The molecule has 4 heterocycles. The predicted octanol–water partition coefficient (Wildman–Crippen LogP) is -0.873. The number of nitrogens with zero attached hydrogens (tertiary/aromatic N) is 5. The minimum absolute atomic E-state index is 0.0668. The predicted molar refractivity (Wildman–Crippen MR) is 121 cm³/mol. The molecule has 3 N–H and O–H groups in total. The van der Waals surface area contributed by atoms with Crippen LogP contribution in [0.3, 0.4) is 0 Å². The number of thiazole rings is 1. The highest BCUT2D eigenvalue weighted by Crippen LogP contribution is 2.40. The number of β-lactam (4-membered cyclic amide) rings is 1. The van der Waals surface area contributed by atoms with Crippen LogP contribution in [0.4, 0.5) is 5.13 Å². The van der Waals surface area contributed by atoms with E-state index in [9.17, 15) is 24.3 Å². The molecule has 2 aliphatic rings. The average Bonchev–Trinajstić information content (AvgIpc) is 3.44. The number of fused-ring (bicyclic) bond motifs is 1. The van der Waals surface area contributed by atoms with E-state index in [-0.39, 0.29) is 22.2 Å². The van der Waals surface area contributed by atoms with Gasteiger partial charge in [0.2, 0.25) is 6.41 Å². The maximum atomic E-state index is 12.9. The first-order chi connectivity index (χ1) is 16.3. The second-order valence-electron chi connectivity index (χ2n) is 7.20. The number of carbonyl (C=O) groups is 4. The average molecular weight is 507 g/mol. The summed E-state index contributed by atoms with van der Waals surface area (Å²) in [5.74, 6) is -2.07. The van der Waals surface area contributed by atoms with Gasteiger partial charge in [0.15, 0.2) is 24.1 Å². The van der Waals surface area contributed by atoms with E-state index in [4.69, 9.17) is 4.84 Å². The number of oxime groups is 1. The lowest BCUT2D eigenvalue weighted by atomic mass is 10.0. The molecule has 3 amide bonds. The van der Waals surface area contributed by atoms with Crippen LogP contribution in [0.15, 0.2) is 40.3 Å². The number of hydrogen-bond donors (Lipinski definition) is 3. The van der Waals surface area contributed by atoms with Gasteiger partial charge in [0.05, 0.1) is 6.20 Å².